The van der Waals surface area contributed by atoms with Gasteiger partial charge in [-0.05, 0) is 23.5 Å². The Kier molecular flexibility index (Phi) is 2.87. The summed E-state index contributed by atoms with van der Waals surface area (Å²) in [6, 6.07) is 5.80. The van der Waals surface area contributed by atoms with Crippen LogP contribution in [-0.2, 0) is 6.42 Å². The van der Waals surface area contributed by atoms with Gasteiger partial charge >= 0.3 is 0 Å². The number of nitrogens with two attached hydrogens (primary N) is 1. The van der Waals surface area contributed by atoms with Crippen molar-refractivity contribution in [3.63, 3.8) is 0 Å². The number of halogens is 1. The third-order valence-electron chi connectivity index (χ3n) is 1.86. The number of hydrogen-bond donors (Lipinski definition) is 1. The normalized spacial score (nSPS) is 11.7. The molecular formula is C11H16ClN. The average Bonchev–Trinajstić information content (AvgIpc) is 1.96. The fourth-order valence-electron chi connectivity index (χ4n) is 1.31. The molecule has 0 aliphatic carbocycles. The number of benzene rings is 1. The highest BCUT2D eigenvalue weighted by molar-refractivity contribution is 6.33. The quantitative estimate of drug-likeness (QED) is 0.686. The highest BCUT2D eigenvalue weighted by Gasteiger charge is 2.13. The first-order valence-corrected chi connectivity index (χ1v) is 4.81. The minimum Gasteiger partial charge on any atom is -0.397 e. The second-order valence-electron chi connectivity index (χ2n) is 4.55. The van der Waals surface area contributed by atoms with Gasteiger partial charge in [-0.1, -0.05) is 44.5 Å². The minimum atomic E-state index is 0.249. The maximum absolute atomic E-state index is 5.92. The monoisotopic (exact) mass is 197 g/mol. The van der Waals surface area contributed by atoms with Crippen molar-refractivity contribution in [2.24, 2.45) is 5.41 Å². The van der Waals surface area contributed by atoms with Gasteiger partial charge in [-0.2, -0.15) is 0 Å². The lowest BCUT2D eigenvalue weighted by Gasteiger charge is -2.19. The molecule has 2 heteroatoms. The van der Waals surface area contributed by atoms with Crippen molar-refractivity contribution in [3.8, 4) is 0 Å². The van der Waals surface area contributed by atoms with Gasteiger partial charge in [0.2, 0.25) is 0 Å². The van der Waals surface area contributed by atoms with E-state index in [1.54, 1.807) is 0 Å². The van der Waals surface area contributed by atoms with Crippen molar-refractivity contribution >= 4 is 17.3 Å². The number of anilines is 1. The van der Waals surface area contributed by atoms with Gasteiger partial charge in [-0.3, -0.25) is 0 Å². The molecule has 0 amide bonds. The molecule has 1 rings (SSSR count). The zero-order valence-corrected chi connectivity index (χ0v) is 9.15. The van der Waals surface area contributed by atoms with Gasteiger partial charge < -0.3 is 5.73 Å². The molecule has 0 heterocycles. The summed E-state index contributed by atoms with van der Waals surface area (Å²) in [4.78, 5) is 0. The van der Waals surface area contributed by atoms with E-state index < -0.39 is 0 Å². The van der Waals surface area contributed by atoms with E-state index in [1.807, 2.05) is 18.2 Å². The van der Waals surface area contributed by atoms with Crippen molar-refractivity contribution in [2.75, 3.05) is 5.73 Å². The van der Waals surface area contributed by atoms with Crippen molar-refractivity contribution in [1.29, 1.82) is 0 Å². The molecule has 2 N–H and O–H groups in total. The van der Waals surface area contributed by atoms with Gasteiger partial charge in [0.05, 0.1) is 10.7 Å². The SMILES string of the molecule is CC(C)(C)Cc1cccc(Cl)c1N. The molecule has 0 bridgehead atoms. The van der Waals surface area contributed by atoms with Gasteiger partial charge in [-0.25, -0.2) is 0 Å². The van der Waals surface area contributed by atoms with Crippen LogP contribution in [0.2, 0.25) is 5.02 Å². The van der Waals surface area contributed by atoms with Crippen molar-refractivity contribution in [1.82, 2.24) is 0 Å². The largest absolute Gasteiger partial charge is 0.397 e. The molecule has 0 saturated heterocycles. The van der Waals surface area contributed by atoms with Crippen LogP contribution in [0, 0.1) is 5.41 Å². The van der Waals surface area contributed by atoms with E-state index in [0.29, 0.717) is 5.02 Å². The lowest BCUT2D eigenvalue weighted by molar-refractivity contribution is 0.412. The topological polar surface area (TPSA) is 26.0 Å². The Morgan fingerprint density at radius 1 is 1.31 bits per heavy atom. The molecule has 0 fully saturated rings. The molecule has 0 saturated carbocycles. The summed E-state index contributed by atoms with van der Waals surface area (Å²) < 4.78 is 0. The first-order chi connectivity index (χ1) is 5.90. The molecule has 1 nitrogen and oxygen atoms in total. The van der Waals surface area contributed by atoms with Crippen molar-refractivity contribution < 1.29 is 0 Å². The van der Waals surface area contributed by atoms with Crippen LogP contribution < -0.4 is 5.73 Å². The lowest BCUT2D eigenvalue weighted by Crippen LogP contribution is -2.10. The Hall–Kier alpha value is -0.690. The van der Waals surface area contributed by atoms with Crippen LogP contribution in [0.25, 0.3) is 0 Å². The number of rotatable bonds is 1. The van der Waals surface area contributed by atoms with E-state index in [-0.39, 0.29) is 5.41 Å². The summed E-state index contributed by atoms with van der Waals surface area (Å²) in [5.74, 6) is 0. The fourth-order valence-corrected chi connectivity index (χ4v) is 1.50. The molecule has 1 aromatic rings. The zero-order valence-electron chi connectivity index (χ0n) is 8.39. The Morgan fingerprint density at radius 2 is 1.92 bits per heavy atom. The second-order valence-corrected chi connectivity index (χ2v) is 4.96. The van der Waals surface area contributed by atoms with Crippen LogP contribution in [0.1, 0.15) is 26.3 Å². The molecule has 72 valence electrons. The predicted molar refractivity (Wildman–Crippen MR) is 59.0 cm³/mol. The van der Waals surface area contributed by atoms with Gasteiger partial charge in [0.15, 0.2) is 0 Å². The van der Waals surface area contributed by atoms with E-state index in [0.717, 1.165) is 17.7 Å². The Labute approximate surface area is 84.9 Å². The molecule has 0 aromatic heterocycles. The first-order valence-electron chi connectivity index (χ1n) is 4.43. The Morgan fingerprint density at radius 3 is 2.46 bits per heavy atom. The highest BCUT2D eigenvalue weighted by atomic mass is 35.5. The summed E-state index contributed by atoms with van der Waals surface area (Å²) in [6.45, 7) is 6.56. The van der Waals surface area contributed by atoms with Crippen LogP contribution in [0.5, 0.6) is 0 Å². The van der Waals surface area contributed by atoms with Crippen LogP contribution in [0.3, 0.4) is 0 Å². The minimum absolute atomic E-state index is 0.249. The zero-order chi connectivity index (χ0) is 10.1. The third kappa shape index (κ3) is 2.92. The molecule has 0 radical (unpaired) electrons. The molecule has 0 aliphatic rings. The van der Waals surface area contributed by atoms with Gasteiger partial charge in [-0.15, -0.1) is 0 Å². The summed E-state index contributed by atoms with van der Waals surface area (Å²) in [6.07, 6.45) is 0.958. The molecular weight excluding hydrogens is 182 g/mol. The maximum atomic E-state index is 5.92. The summed E-state index contributed by atoms with van der Waals surface area (Å²) >= 11 is 5.92. The molecule has 0 unspecified atom stereocenters. The molecule has 1 aromatic carbocycles. The lowest BCUT2D eigenvalue weighted by atomic mass is 9.87. The van der Waals surface area contributed by atoms with E-state index in [1.165, 1.54) is 0 Å². The summed E-state index contributed by atoms with van der Waals surface area (Å²) in [5.41, 5.74) is 7.97. The number of para-hydroxylation sites is 1. The van der Waals surface area contributed by atoms with Crippen LogP contribution in [0.15, 0.2) is 18.2 Å². The van der Waals surface area contributed by atoms with E-state index in [4.69, 9.17) is 17.3 Å². The Bertz CT molecular complexity index is 299. The number of hydrogen-bond acceptors (Lipinski definition) is 1. The highest BCUT2D eigenvalue weighted by Crippen LogP contribution is 2.28. The molecule has 0 aliphatic heterocycles. The number of nitrogen functional groups attached to an aromatic ring is 1. The van der Waals surface area contributed by atoms with E-state index in [9.17, 15) is 0 Å². The second kappa shape index (κ2) is 3.59. The Balaban J connectivity index is 2.96. The molecule has 0 atom stereocenters. The van der Waals surface area contributed by atoms with Crippen LogP contribution in [-0.4, -0.2) is 0 Å². The van der Waals surface area contributed by atoms with Crippen molar-refractivity contribution in [3.05, 3.63) is 28.8 Å². The molecule has 13 heavy (non-hydrogen) atoms. The van der Waals surface area contributed by atoms with E-state index in [2.05, 4.69) is 20.8 Å². The van der Waals surface area contributed by atoms with Gasteiger partial charge in [0, 0.05) is 0 Å². The summed E-state index contributed by atoms with van der Waals surface area (Å²) in [7, 11) is 0. The van der Waals surface area contributed by atoms with Gasteiger partial charge in [0.1, 0.15) is 0 Å². The van der Waals surface area contributed by atoms with Gasteiger partial charge in [0.25, 0.3) is 0 Å². The standard InChI is InChI=1S/C11H16ClN/c1-11(2,3)7-8-5-4-6-9(12)10(8)13/h4-6H,7,13H2,1-3H3. The predicted octanol–water partition coefficient (Wildman–Crippen LogP) is 3.51. The third-order valence-corrected chi connectivity index (χ3v) is 2.19. The average molecular weight is 198 g/mol. The smallest absolute Gasteiger partial charge is 0.0638 e. The molecule has 0 spiro atoms. The van der Waals surface area contributed by atoms with E-state index >= 15 is 0 Å². The van der Waals surface area contributed by atoms with Crippen LogP contribution >= 0.6 is 11.6 Å². The van der Waals surface area contributed by atoms with Crippen LogP contribution in [0.4, 0.5) is 5.69 Å². The summed E-state index contributed by atoms with van der Waals surface area (Å²) in [5, 5.41) is 0.654. The first kappa shape index (κ1) is 10.4. The fraction of sp³-hybridized carbons (Fsp3) is 0.455. The maximum Gasteiger partial charge on any atom is 0.0638 e. The van der Waals surface area contributed by atoms with Crippen molar-refractivity contribution in [2.45, 2.75) is 27.2 Å².